The molecule has 1 aromatic rings. The Labute approximate surface area is 146 Å². The lowest BCUT2D eigenvalue weighted by atomic mass is 10.1. The summed E-state index contributed by atoms with van der Waals surface area (Å²) in [5.74, 6) is -0.0711. The summed E-state index contributed by atoms with van der Waals surface area (Å²) >= 11 is 0. The van der Waals surface area contributed by atoms with Gasteiger partial charge in [-0.1, -0.05) is 30.3 Å². The Kier molecular flexibility index (Phi) is 4.67. The quantitative estimate of drug-likeness (QED) is 0.717. The number of rotatable bonds is 5. The normalized spacial score (nSPS) is 19.4. The SMILES string of the molecule is NC=C(C1=NCCCO1)S(=O)(=O)NC(=O)NC1(c2ccccc2)CC1. The summed E-state index contributed by atoms with van der Waals surface area (Å²) in [7, 11) is -4.18. The molecule has 4 N–H and O–H groups in total. The van der Waals surface area contributed by atoms with Crippen LogP contribution in [0.5, 0.6) is 0 Å². The van der Waals surface area contributed by atoms with Crippen LogP contribution in [0.4, 0.5) is 4.79 Å². The van der Waals surface area contributed by atoms with Gasteiger partial charge in [0.1, 0.15) is 0 Å². The Bertz CT molecular complexity index is 814. The molecule has 2 amide bonds. The molecule has 25 heavy (non-hydrogen) atoms. The molecule has 1 heterocycles. The maximum atomic E-state index is 12.4. The minimum Gasteiger partial charge on any atom is -0.477 e. The van der Waals surface area contributed by atoms with Crippen molar-refractivity contribution >= 4 is 22.0 Å². The Hall–Kier alpha value is -2.55. The molecule has 0 saturated heterocycles. The van der Waals surface area contributed by atoms with E-state index in [0.29, 0.717) is 19.6 Å². The van der Waals surface area contributed by atoms with Crippen molar-refractivity contribution in [3.8, 4) is 0 Å². The van der Waals surface area contributed by atoms with Crippen LogP contribution in [0.15, 0.2) is 46.4 Å². The first-order chi connectivity index (χ1) is 12.0. The summed E-state index contributed by atoms with van der Waals surface area (Å²) in [6.07, 6.45) is 3.08. The number of carbonyl (C=O) groups is 1. The molecule has 0 atom stereocenters. The van der Waals surface area contributed by atoms with Gasteiger partial charge in [0.15, 0.2) is 4.91 Å². The number of nitrogens with one attached hydrogen (secondary N) is 2. The van der Waals surface area contributed by atoms with Gasteiger partial charge < -0.3 is 15.8 Å². The van der Waals surface area contributed by atoms with Crippen LogP contribution in [0.3, 0.4) is 0 Å². The third-order valence-electron chi connectivity index (χ3n) is 4.10. The van der Waals surface area contributed by atoms with Crippen LogP contribution < -0.4 is 15.8 Å². The predicted octanol–water partition coefficient (Wildman–Crippen LogP) is 0.924. The molecule has 1 saturated carbocycles. The smallest absolute Gasteiger partial charge is 0.329 e. The fourth-order valence-electron chi connectivity index (χ4n) is 2.67. The molecular weight excluding hydrogens is 344 g/mol. The summed E-state index contributed by atoms with van der Waals surface area (Å²) in [5, 5.41) is 2.74. The first kappa shape index (κ1) is 17.3. The molecule has 0 spiro atoms. The van der Waals surface area contributed by atoms with Gasteiger partial charge >= 0.3 is 6.03 Å². The van der Waals surface area contributed by atoms with Crippen molar-refractivity contribution in [3.63, 3.8) is 0 Å². The molecule has 134 valence electrons. The highest BCUT2D eigenvalue weighted by Crippen LogP contribution is 2.45. The number of nitrogens with zero attached hydrogens (tertiary/aromatic N) is 1. The molecule has 1 aliphatic carbocycles. The summed E-state index contributed by atoms with van der Waals surface area (Å²) in [6, 6.07) is 8.62. The monoisotopic (exact) mass is 364 g/mol. The van der Waals surface area contributed by atoms with E-state index >= 15 is 0 Å². The molecule has 0 unspecified atom stereocenters. The number of carbonyl (C=O) groups excluding carboxylic acids is 1. The van der Waals surface area contributed by atoms with Gasteiger partial charge in [0.05, 0.1) is 12.1 Å². The number of hydrogen-bond acceptors (Lipinski definition) is 6. The number of sulfonamides is 1. The number of amides is 2. The van der Waals surface area contributed by atoms with Crippen LogP contribution in [-0.2, 0) is 20.3 Å². The van der Waals surface area contributed by atoms with Crippen LogP contribution in [0, 0.1) is 0 Å². The fraction of sp³-hybridized carbons (Fsp3) is 0.375. The predicted molar refractivity (Wildman–Crippen MR) is 93.1 cm³/mol. The Balaban J connectivity index is 1.71. The first-order valence-electron chi connectivity index (χ1n) is 7.97. The summed E-state index contributed by atoms with van der Waals surface area (Å²) < 4.78 is 32.1. The van der Waals surface area contributed by atoms with Crippen molar-refractivity contribution in [2.75, 3.05) is 13.2 Å². The van der Waals surface area contributed by atoms with Gasteiger partial charge in [-0.25, -0.2) is 17.9 Å². The number of nitrogens with two attached hydrogens (primary N) is 1. The molecule has 0 radical (unpaired) electrons. The fourth-order valence-corrected chi connectivity index (χ4v) is 3.61. The lowest BCUT2D eigenvalue weighted by molar-refractivity contribution is 0.241. The van der Waals surface area contributed by atoms with Crippen molar-refractivity contribution in [1.29, 1.82) is 0 Å². The second kappa shape index (κ2) is 6.75. The van der Waals surface area contributed by atoms with Gasteiger partial charge in [0.2, 0.25) is 5.90 Å². The van der Waals surface area contributed by atoms with Crippen LogP contribution in [-0.4, -0.2) is 33.5 Å². The molecule has 8 nitrogen and oxygen atoms in total. The summed E-state index contributed by atoms with van der Waals surface area (Å²) in [4.78, 5) is 15.9. The van der Waals surface area contributed by atoms with Crippen molar-refractivity contribution in [3.05, 3.63) is 47.0 Å². The van der Waals surface area contributed by atoms with Crippen molar-refractivity contribution in [1.82, 2.24) is 10.0 Å². The maximum absolute atomic E-state index is 12.4. The molecule has 0 aromatic heterocycles. The average Bonchev–Trinajstić information content (AvgIpc) is 3.37. The summed E-state index contributed by atoms with van der Waals surface area (Å²) in [6.45, 7) is 0.806. The van der Waals surface area contributed by atoms with E-state index in [2.05, 4.69) is 10.3 Å². The van der Waals surface area contributed by atoms with Gasteiger partial charge in [-0.3, -0.25) is 4.99 Å². The number of hydrogen-bond donors (Lipinski definition) is 3. The topological polar surface area (TPSA) is 123 Å². The van der Waals surface area contributed by atoms with Crippen LogP contribution >= 0.6 is 0 Å². The zero-order chi connectivity index (χ0) is 17.9. The third kappa shape index (κ3) is 3.76. The molecular formula is C16H20N4O4S. The molecule has 2 aliphatic rings. The maximum Gasteiger partial charge on any atom is 0.329 e. The molecule has 1 aromatic carbocycles. The summed E-state index contributed by atoms with van der Waals surface area (Å²) in [5.41, 5.74) is 5.84. The largest absolute Gasteiger partial charge is 0.477 e. The standard InChI is InChI=1S/C16H20N4O4S/c17-11-13(14-18-9-4-10-24-14)25(22,23)20-15(21)19-16(7-8-16)12-5-2-1-3-6-12/h1-3,5-6,11H,4,7-10,17H2,(H2,19,20,21). The molecule has 9 heteroatoms. The number of benzene rings is 1. The van der Waals surface area contributed by atoms with E-state index in [4.69, 9.17) is 10.5 Å². The van der Waals surface area contributed by atoms with Crippen LogP contribution in [0.1, 0.15) is 24.8 Å². The lowest BCUT2D eigenvalue weighted by Gasteiger charge is -2.20. The minimum absolute atomic E-state index is 0.0711. The van der Waals surface area contributed by atoms with E-state index in [9.17, 15) is 13.2 Å². The highest BCUT2D eigenvalue weighted by molar-refractivity contribution is 7.94. The van der Waals surface area contributed by atoms with Gasteiger partial charge in [0.25, 0.3) is 10.0 Å². The lowest BCUT2D eigenvalue weighted by Crippen LogP contribution is -2.45. The van der Waals surface area contributed by atoms with Gasteiger partial charge in [-0.05, 0) is 18.4 Å². The van der Waals surface area contributed by atoms with Crippen molar-refractivity contribution in [2.24, 2.45) is 10.7 Å². The molecule has 1 fully saturated rings. The van der Waals surface area contributed by atoms with E-state index in [1.54, 1.807) is 0 Å². The first-order valence-corrected chi connectivity index (χ1v) is 9.45. The average molecular weight is 364 g/mol. The highest BCUT2D eigenvalue weighted by Gasteiger charge is 2.46. The van der Waals surface area contributed by atoms with E-state index in [-0.39, 0.29) is 10.8 Å². The van der Waals surface area contributed by atoms with Crippen molar-refractivity contribution < 1.29 is 17.9 Å². The molecule has 0 bridgehead atoms. The minimum atomic E-state index is -4.18. The second-order valence-electron chi connectivity index (χ2n) is 5.93. The van der Waals surface area contributed by atoms with E-state index < -0.39 is 21.6 Å². The highest BCUT2D eigenvalue weighted by atomic mass is 32.2. The number of aliphatic imine (C=N–C) groups is 1. The van der Waals surface area contributed by atoms with Crippen molar-refractivity contribution in [2.45, 2.75) is 24.8 Å². The Morgan fingerprint density at radius 1 is 1.28 bits per heavy atom. The number of urea groups is 1. The zero-order valence-electron chi connectivity index (χ0n) is 13.6. The van der Waals surface area contributed by atoms with E-state index in [0.717, 1.165) is 24.6 Å². The molecule has 1 aliphatic heterocycles. The van der Waals surface area contributed by atoms with Gasteiger partial charge in [-0.15, -0.1) is 0 Å². The van der Waals surface area contributed by atoms with E-state index in [1.165, 1.54) is 0 Å². The third-order valence-corrected chi connectivity index (χ3v) is 5.45. The van der Waals surface area contributed by atoms with E-state index in [1.807, 2.05) is 35.1 Å². The zero-order valence-corrected chi connectivity index (χ0v) is 14.4. The number of ether oxygens (including phenoxy) is 1. The van der Waals surface area contributed by atoms with Crippen LogP contribution in [0.2, 0.25) is 0 Å². The molecule has 3 rings (SSSR count). The van der Waals surface area contributed by atoms with Gasteiger partial charge in [0, 0.05) is 19.2 Å². The van der Waals surface area contributed by atoms with Gasteiger partial charge in [-0.2, -0.15) is 0 Å². The Morgan fingerprint density at radius 3 is 2.56 bits per heavy atom. The Morgan fingerprint density at radius 2 is 2.00 bits per heavy atom. The van der Waals surface area contributed by atoms with Crippen LogP contribution in [0.25, 0.3) is 0 Å². The second-order valence-corrected chi connectivity index (χ2v) is 7.58.